The van der Waals surface area contributed by atoms with Crippen molar-refractivity contribution in [2.45, 2.75) is 18.9 Å². The average molecular weight is 248 g/mol. The molecule has 1 aliphatic rings. The second kappa shape index (κ2) is 5.48. The lowest BCUT2D eigenvalue weighted by Gasteiger charge is -2.09. The number of carbonyl (C=O) groups is 2. The summed E-state index contributed by atoms with van der Waals surface area (Å²) in [4.78, 5) is 27.2. The van der Waals surface area contributed by atoms with E-state index in [1.807, 2.05) is 0 Å². The molecule has 0 aliphatic heterocycles. The number of hydrogen-bond donors (Lipinski definition) is 3. The molecule has 96 valence electrons. The summed E-state index contributed by atoms with van der Waals surface area (Å²) in [5, 5.41) is 8.28. The minimum absolute atomic E-state index is 0.000804. The van der Waals surface area contributed by atoms with Crippen LogP contribution in [0.25, 0.3) is 0 Å². The molecular formula is C12H16N4O2. The van der Waals surface area contributed by atoms with Crippen molar-refractivity contribution in [1.29, 1.82) is 0 Å². The van der Waals surface area contributed by atoms with Gasteiger partial charge in [-0.25, -0.2) is 0 Å². The first kappa shape index (κ1) is 12.3. The number of rotatable bonds is 5. The lowest BCUT2D eigenvalue weighted by Crippen LogP contribution is -2.38. The molecule has 0 saturated heterocycles. The molecule has 2 amide bonds. The van der Waals surface area contributed by atoms with Gasteiger partial charge in [0.15, 0.2) is 0 Å². The zero-order chi connectivity index (χ0) is 13.0. The molecule has 0 atom stereocenters. The number of pyridine rings is 1. The first-order chi connectivity index (χ1) is 8.70. The van der Waals surface area contributed by atoms with Crippen LogP contribution in [0.2, 0.25) is 0 Å². The number of aromatic nitrogens is 1. The maximum absolute atomic E-state index is 11.9. The molecule has 0 unspecified atom stereocenters. The monoisotopic (exact) mass is 248 g/mol. The normalized spacial score (nSPS) is 13.8. The van der Waals surface area contributed by atoms with E-state index >= 15 is 0 Å². The van der Waals surface area contributed by atoms with E-state index in [1.54, 1.807) is 25.5 Å². The molecular weight excluding hydrogens is 232 g/mol. The quantitative estimate of drug-likeness (QED) is 0.691. The minimum Gasteiger partial charge on any atom is -0.386 e. The van der Waals surface area contributed by atoms with Crippen molar-refractivity contribution in [3.63, 3.8) is 0 Å². The standard InChI is InChI=1S/C12H16N4O2/c1-13-10-6-14-5-4-9(10)12(18)15-7-11(17)16-8-2-3-8/h4-6,8,13H,2-3,7H2,1H3,(H,15,18)(H,16,17). The molecule has 6 nitrogen and oxygen atoms in total. The number of anilines is 1. The summed E-state index contributed by atoms with van der Waals surface area (Å²) < 4.78 is 0. The summed E-state index contributed by atoms with van der Waals surface area (Å²) >= 11 is 0. The molecule has 0 bridgehead atoms. The largest absolute Gasteiger partial charge is 0.386 e. The highest BCUT2D eigenvalue weighted by Crippen LogP contribution is 2.18. The van der Waals surface area contributed by atoms with Crippen LogP contribution >= 0.6 is 0 Å². The number of nitrogens with one attached hydrogen (secondary N) is 3. The highest BCUT2D eigenvalue weighted by atomic mass is 16.2. The van der Waals surface area contributed by atoms with Crippen LogP contribution in [0.4, 0.5) is 5.69 Å². The smallest absolute Gasteiger partial charge is 0.253 e. The molecule has 0 aromatic carbocycles. The van der Waals surface area contributed by atoms with Crippen molar-refractivity contribution in [3.8, 4) is 0 Å². The van der Waals surface area contributed by atoms with Gasteiger partial charge in [-0.05, 0) is 18.9 Å². The number of hydrogen-bond acceptors (Lipinski definition) is 4. The lowest BCUT2D eigenvalue weighted by molar-refractivity contribution is -0.120. The van der Waals surface area contributed by atoms with E-state index in [1.165, 1.54) is 0 Å². The van der Waals surface area contributed by atoms with Crippen molar-refractivity contribution in [3.05, 3.63) is 24.0 Å². The Labute approximate surface area is 105 Å². The molecule has 6 heteroatoms. The highest BCUT2D eigenvalue weighted by Gasteiger charge is 2.23. The van der Waals surface area contributed by atoms with Gasteiger partial charge in [0.1, 0.15) is 0 Å². The number of nitrogens with zero attached hydrogens (tertiary/aromatic N) is 1. The highest BCUT2D eigenvalue weighted by molar-refractivity contribution is 6.00. The topological polar surface area (TPSA) is 83.1 Å². The Bertz CT molecular complexity index is 457. The fourth-order valence-electron chi connectivity index (χ4n) is 1.55. The van der Waals surface area contributed by atoms with E-state index < -0.39 is 0 Å². The van der Waals surface area contributed by atoms with E-state index in [-0.39, 0.29) is 18.4 Å². The maximum Gasteiger partial charge on any atom is 0.253 e. The molecule has 1 aromatic rings. The maximum atomic E-state index is 11.9. The van der Waals surface area contributed by atoms with Crippen LogP contribution in [0.3, 0.4) is 0 Å². The molecule has 0 radical (unpaired) electrons. The Balaban J connectivity index is 1.88. The molecule has 0 spiro atoms. The zero-order valence-electron chi connectivity index (χ0n) is 10.2. The van der Waals surface area contributed by atoms with E-state index in [2.05, 4.69) is 20.9 Å². The SMILES string of the molecule is CNc1cnccc1C(=O)NCC(=O)NC1CC1. The summed E-state index contributed by atoms with van der Waals surface area (Å²) in [6, 6.07) is 1.92. The Morgan fingerprint density at radius 2 is 2.22 bits per heavy atom. The van der Waals surface area contributed by atoms with Gasteiger partial charge in [0.25, 0.3) is 5.91 Å². The molecule has 3 N–H and O–H groups in total. The van der Waals surface area contributed by atoms with Crippen LogP contribution in [-0.4, -0.2) is 36.4 Å². The van der Waals surface area contributed by atoms with E-state index in [4.69, 9.17) is 0 Å². The lowest BCUT2D eigenvalue weighted by atomic mass is 10.2. The van der Waals surface area contributed by atoms with Gasteiger partial charge in [0.2, 0.25) is 5.91 Å². The van der Waals surface area contributed by atoms with E-state index in [0.717, 1.165) is 12.8 Å². The minimum atomic E-state index is -0.285. The van der Waals surface area contributed by atoms with Crippen molar-refractivity contribution in [2.24, 2.45) is 0 Å². The van der Waals surface area contributed by atoms with Crippen LogP contribution in [0.1, 0.15) is 23.2 Å². The zero-order valence-corrected chi connectivity index (χ0v) is 10.2. The van der Waals surface area contributed by atoms with Gasteiger partial charge in [0, 0.05) is 19.3 Å². The summed E-state index contributed by atoms with van der Waals surface area (Å²) in [5.74, 6) is -0.432. The molecule has 1 aliphatic carbocycles. The third-order valence-corrected chi connectivity index (χ3v) is 2.69. The van der Waals surface area contributed by atoms with Crippen LogP contribution in [-0.2, 0) is 4.79 Å². The van der Waals surface area contributed by atoms with Gasteiger partial charge in [-0.15, -0.1) is 0 Å². The fourth-order valence-corrected chi connectivity index (χ4v) is 1.55. The van der Waals surface area contributed by atoms with Gasteiger partial charge in [-0.2, -0.15) is 0 Å². The van der Waals surface area contributed by atoms with Gasteiger partial charge in [-0.1, -0.05) is 0 Å². The molecule has 2 rings (SSSR count). The summed E-state index contributed by atoms with van der Waals surface area (Å²) in [7, 11) is 1.72. The van der Waals surface area contributed by atoms with Gasteiger partial charge < -0.3 is 16.0 Å². The van der Waals surface area contributed by atoms with Gasteiger partial charge in [-0.3, -0.25) is 14.6 Å². The second-order valence-electron chi connectivity index (χ2n) is 4.20. The van der Waals surface area contributed by atoms with Crippen LogP contribution in [0, 0.1) is 0 Å². The molecule has 1 saturated carbocycles. The van der Waals surface area contributed by atoms with E-state index in [9.17, 15) is 9.59 Å². The third kappa shape index (κ3) is 3.19. The summed E-state index contributed by atoms with van der Waals surface area (Å²) in [6.45, 7) is 0.000804. The van der Waals surface area contributed by atoms with Crippen molar-refractivity contribution in [2.75, 3.05) is 18.9 Å². The van der Waals surface area contributed by atoms with Crippen molar-refractivity contribution < 1.29 is 9.59 Å². The van der Waals surface area contributed by atoms with Crippen LogP contribution < -0.4 is 16.0 Å². The molecule has 1 aromatic heterocycles. The van der Waals surface area contributed by atoms with Gasteiger partial charge >= 0.3 is 0 Å². The van der Waals surface area contributed by atoms with Crippen molar-refractivity contribution >= 4 is 17.5 Å². The van der Waals surface area contributed by atoms with Crippen molar-refractivity contribution in [1.82, 2.24) is 15.6 Å². The Morgan fingerprint density at radius 1 is 1.44 bits per heavy atom. The van der Waals surface area contributed by atoms with Crippen LogP contribution in [0.5, 0.6) is 0 Å². The summed E-state index contributed by atoms with van der Waals surface area (Å²) in [6.07, 6.45) is 5.18. The van der Waals surface area contributed by atoms with Crippen LogP contribution in [0.15, 0.2) is 18.5 Å². The molecule has 1 fully saturated rings. The summed E-state index contributed by atoms with van der Waals surface area (Å²) in [5.41, 5.74) is 1.12. The fraction of sp³-hybridized carbons (Fsp3) is 0.417. The molecule has 18 heavy (non-hydrogen) atoms. The molecule has 1 heterocycles. The predicted molar refractivity (Wildman–Crippen MR) is 67.3 cm³/mol. The number of carbonyl (C=O) groups excluding carboxylic acids is 2. The Hall–Kier alpha value is -2.11. The second-order valence-corrected chi connectivity index (χ2v) is 4.20. The van der Waals surface area contributed by atoms with E-state index in [0.29, 0.717) is 17.3 Å². The Morgan fingerprint density at radius 3 is 2.89 bits per heavy atom. The Kier molecular flexibility index (Phi) is 3.76. The predicted octanol–water partition coefficient (Wildman–Crippen LogP) is 0.132. The van der Waals surface area contributed by atoms with Gasteiger partial charge in [0.05, 0.1) is 24.0 Å². The average Bonchev–Trinajstić information content (AvgIpc) is 3.19. The third-order valence-electron chi connectivity index (χ3n) is 2.69. The number of amides is 2. The first-order valence-electron chi connectivity index (χ1n) is 5.90. The first-order valence-corrected chi connectivity index (χ1v) is 5.90.